The van der Waals surface area contributed by atoms with Gasteiger partial charge >= 0.3 is 12.3 Å². The number of carbonyl (C=O) groups excluding carboxylic acids is 2. The van der Waals surface area contributed by atoms with Gasteiger partial charge in [-0.05, 0) is 57.4 Å². The molecule has 0 spiro atoms. The molecular formula is C21H26ClF3N2O4. The van der Waals surface area contributed by atoms with Crippen LogP contribution in [0.2, 0.25) is 5.02 Å². The summed E-state index contributed by atoms with van der Waals surface area (Å²) in [4.78, 5) is 28.5. The maximum absolute atomic E-state index is 13.2. The Labute approximate surface area is 184 Å². The number of ether oxygens (including phenoxy) is 2. The van der Waals surface area contributed by atoms with E-state index < -0.39 is 35.6 Å². The number of morpholine rings is 1. The van der Waals surface area contributed by atoms with Gasteiger partial charge in [-0.2, -0.15) is 13.2 Å². The Hall–Kier alpha value is -2.00. The minimum atomic E-state index is -4.49. The van der Waals surface area contributed by atoms with Crippen molar-refractivity contribution in [1.29, 1.82) is 0 Å². The number of hydrogen-bond acceptors (Lipinski definition) is 4. The first-order valence-corrected chi connectivity index (χ1v) is 10.5. The van der Waals surface area contributed by atoms with Gasteiger partial charge in [-0.1, -0.05) is 11.6 Å². The van der Waals surface area contributed by atoms with Crippen LogP contribution in [0.1, 0.15) is 50.4 Å². The molecule has 1 saturated heterocycles. The highest BCUT2D eigenvalue weighted by Crippen LogP contribution is 2.40. The summed E-state index contributed by atoms with van der Waals surface area (Å²) < 4.78 is 50.3. The number of rotatable bonds is 1. The van der Waals surface area contributed by atoms with Crippen molar-refractivity contribution in [2.75, 3.05) is 26.2 Å². The lowest BCUT2D eigenvalue weighted by atomic mass is 9.91. The van der Waals surface area contributed by atoms with E-state index in [0.717, 1.165) is 12.1 Å². The van der Waals surface area contributed by atoms with Gasteiger partial charge in [0.1, 0.15) is 5.60 Å². The van der Waals surface area contributed by atoms with Gasteiger partial charge in [0, 0.05) is 18.1 Å². The molecule has 1 aromatic rings. The lowest BCUT2D eigenvalue weighted by Crippen LogP contribution is -2.54. The van der Waals surface area contributed by atoms with Crippen LogP contribution >= 0.6 is 11.6 Å². The zero-order chi connectivity index (χ0) is 23.1. The number of alkyl halides is 3. The minimum Gasteiger partial charge on any atom is -0.444 e. The fourth-order valence-electron chi connectivity index (χ4n) is 3.88. The van der Waals surface area contributed by atoms with Crippen LogP contribution in [-0.2, 0) is 26.9 Å². The third-order valence-corrected chi connectivity index (χ3v) is 5.64. The van der Waals surface area contributed by atoms with E-state index in [2.05, 4.69) is 0 Å². The molecular weight excluding hydrogens is 437 g/mol. The van der Waals surface area contributed by atoms with Gasteiger partial charge in [-0.25, -0.2) is 4.79 Å². The minimum absolute atomic E-state index is 0.0187. The maximum atomic E-state index is 13.2. The van der Waals surface area contributed by atoms with Gasteiger partial charge in [0.05, 0.1) is 24.8 Å². The van der Waals surface area contributed by atoms with E-state index in [4.69, 9.17) is 21.1 Å². The summed E-state index contributed by atoms with van der Waals surface area (Å²) in [6.07, 6.45) is -5.64. The van der Waals surface area contributed by atoms with Crippen molar-refractivity contribution in [1.82, 2.24) is 9.80 Å². The quantitative estimate of drug-likeness (QED) is 0.619. The van der Waals surface area contributed by atoms with Crippen LogP contribution in [0.4, 0.5) is 18.0 Å². The zero-order valence-corrected chi connectivity index (χ0v) is 18.6. The molecule has 0 unspecified atom stereocenters. The molecule has 2 amide bonds. The van der Waals surface area contributed by atoms with Crippen LogP contribution in [-0.4, -0.2) is 59.7 Å². The number of hydrogen-bond donors (Lipinski definition) is 0. The topological polar surface area (TPSA) is 59.1 Å². The molecule has 2 aliphatic heterocycles. The third kappa shape index (κ3) is 5.26. The van der Waals surface area contributed by atoms with Crippen molar-refractivity contribution in [3.8, 4) is 0 Å². The summed E-state index contributed by atoms with van der Waals surface area (Å²) in [5, 5.41) is -0.0187. The highest BCUT2D eigenvalue weighted by molar-refractivity contribution is 6.31. The highest BCUT2D eigenvalue weighted by atomic mass is 35.5. The van der Waals surface area contributed by atoms with Crippen LogP contribution in [0.25, 0.3) is 0 Å². The average Bonchev–Trinajstić information content (AvgIpc) is 2.65. The van der Waals surface area contributed by atoms with Gasteiger partial charge in [0.2, 0.25) is 0 Å². The van der Waals surface area contributed by atoms with Crippen molar-refractivity contribution >= 4 is 23.6 Å². The lowest BCUT2D eigenvalue weighted by molar-refractivity contribution is -0.151. The summed E-state index contributed by atoms with van der Waals surface area (Å²) in [5.41, 5.74) is -0.469. The molecule has 0 N–H and O–H groups in total. The molecule has 10 heteroatoms. The lowest BCUT2D eigenvalue weighted by Gasteiger charge is -2.40. The Morgan fingerprint density at radius 3 is 2.48 bits per heavy atom. The molecule has 0 radical (unpaired) electrons. The zero-order valence-electron chi connectivity index (χ0n) is 17.9. The second-order valence-corrected chi connectivity index (χ2v) is 9.18. The Balaban J connectivity index is 1.76. The van der Waals surface area contributed by atoms with E-state index >= 15 is 0 Å². The molecule has 6 nitrogen and oxygen atoms in total. The smallest absolute Gasteiger partial charge is 0.416 e. The Bertz CT molecular complexity index is 869. The molecule has 0 saturated carbocycles. The van der Waals surface area contributed by atoms with Crippen LogP contribution in [0.5, 0.6) is 0 Å². The van der Waals surface area contributed by atoms with Crippen molar-refractivity contribution in [2.45, 2.75) is 58.0 Å². The van der Waals surface area contributed by atoms with Gasteiger partial charge in [-0.3, -0.25) is 4.79 Å². The second-order valence-electron chi connectivity index (χ2n) is 8.77. The molecule has 0 aromatic heterocycles. The normalized spacial score (nSPS) is 22.2. The number of benzene rings is 1. The van der Waals surface area contributed by atoms with E-state index in [9.17, 15) is 22.8 Å². The number of carbonyl (C=O) groups is 2. The second kappa shape index (κ2) is 8.50. The van der Waals surface area contributed by atoms with Gasteiger partial charge < -0.3 is 19.3 Å². The summed E-state index contributed by atoms with van der Waals surface area (Å²) >= 11 is 6.19. The molecule has 3 rings (SSSR count). The van der Waals surface area contributed by atoms with Crippen LogP contribution < -0.4 is 0 Å². The maximum Gasteiger partial charge on any atom is 0.416 e. The first kappa shape index (κ1) is 23.7. The van der Waals surface area contributed by atoms with Crippen LogP contribution in [0.3, 0.4) is 0 Å². The highest BCUT2D eigenvalue weighted by Gasteiger charge is 2.39. The Morgan fingerprint density at radius 2 is 1.87 bits per heavy atom. The first-order valence-electron chi connectivity index (χ1n) is 10.1. The summed E-state index contributed by atoms with van der Waals surface area (Å²) in [7, 11) is 0. The molecule has 0 aliphatic carbocycles. The standard InChI is InChI=1S/C21H26ClF3N2O4/c1-12-17-13(9-14(10-15(17)22)21(23,24)25)5-6-27(12)18(28)16-11-26(7-8-30-16)19(29)31-20(2,3)4/h9-10,12,16H,5-8,11H2,1-4H3/t12-,16+/m0/s1. The summed E-state index contributed by atoms with van der Waals surface area (Å²) in [5.74, 6) is -0.331. The van der Waals surface area contributed by atoms with Crippen molar-refractivity contribution in [3.05, 3.63) is 33.8 Å². The van der Waals surface area contributed by atoms with Gasteiger partial charge in [0.25, 0.3) is 5.91 Å². The SMILES string of the molecule is C[C@H]1c2c(Cl)cc(C(F)(F)F)cc2CCN1C(=O)[C@H]1CN(C(=O)OC(C)(C)C)CCO1. The molecule has 1 fully saturated rings. The fraction of sp³-hybridized carbons (Fsp3) is 0.619. The summed E-state index contributed by atoms with van der Waals surface area (Å²) in [6.45, 7) is 7.77. The number of halogens is 4. The average molecular weight is 463 g/mol. The van der Waals surface area contributed by atoms with Crippen molar-refractivity contribution in [3.63, 3.8) is 0 Å². The number of amides is 2. The molecule has 31 heavy (non-hydrogen) atoms. The van der Waals surface area contributed by atoms with Crippen molar-refractivity contribution < 1.29 is 32.2 Å². The van der Waals surface area contributed by atoms with Crippen LogP contribution in [0, 0.1) is 0 Å². The van der Waals surface area contributed by atoms with E-state index in [-0.39, 0.29) is 37.0 Å². The van der Waals surface area contributed by atoms with Crippen LogP contribution in [0.15, 0.2) is 12.1 Å². The molecule has 1 aromatic carbocycles. The predicted molar refractivity (Wildman–Crippen MR) is 108 cm³/mol. The number of fused-ring (bicyclic) bond motifs is 1. The molecule has 2 atom stereocenters. The Kier molecular flexibility index (Phi) is 6.49. The van der Waals surface area contributed by atoms with E-state index in [1.165, 1.54) is 4.90 Å². The predicted octanol–water partition coefficient (Wildman–Crippen LogP) is 4.44. The Morgan fingerprint density at radius 1 is 1.19 bits per heavy atom. The monoisotopic (exact) mass is 462 g/mol. The van der Waals surface area contributed by atoms with E-state index in [1.54, 1.807) is 32.6 Å². The molecule has 2 heterocycles. The largest absolute Gasteiger partial charge is 0.444 e. The van der Waals surface area contributed by atoms with E-state index in [1.807, 2.05) is 0 Å². The first-order chi connectivity index (χ1) is 14.3. The third-order valence-electron chi connectivity index (χ3n) is 5.33. The number of nitrogens with zero attached hydrogens (tertiary/aromatic N) is 2. The van der Waals surface area contributed by atoms with Gasteiger partial charge in [-0.15, -0.1) is 0 Å². The molecule has 0 bridgehead atoms. The molecule has 172 valence electrons. The van der Waals surface area contributed by atoms with Crippen molar-refractivity contribution in [2.24, 2.45) is 0 Å². The fourth-order valence-corrected chi connectivity index (χ4v) is 4.28. The molecule has 2 aliphatic rings. The summed E-state index contributed by atoms with van der Waals surface area (Å²) in [6, 6.07) is 1.47. The van der Waals surface area contributed by atoms with Gasteiger partial charge in [0.15, 0.2) is 6.10 Å². The van der Waals surface area contributed by atoms with E-state index in [0.29, 0.717) is 17.7 Å².